The third-order valence-electron chi connectivity index (χ3n) is 3.11. The molecule has 4 nitrogen and oxygen atoms in total. The molecular formula is C16H12O4S4. The minimum Gasteiger partial charge on any atom is -0.219 e. The number of hydrogen-bond donors (Lipinski definition) is 0. The van der Waals surface area contributed by atoms with E-state index in [0.717, 1.165) is 28.9 Å². The summed E-state index contributed by atoms with van der Waals surface area (Å²) in [6.45, 7) is 0. The Morgan fingerprint density at radius 1 is 0.750 bits per heavy atom. The molecule has 0 spiro atoms. The molecule has 1 aliphatic heterocycles. The highest BCUT2D eigenvalue weighted by atomic mass is 32.3. The third-order valence-corrected chi connectivity index (χ3v) is 9.52. The Bertz CT molecular complexity index is 1010. The standard InChI is InChI=1S/C16H12O4S4/c17-23(18,13-7-3-1-4-8-13)12-15-21-11-16(22-15)24(19,20)14-9-5-2-6-10-14/h1-12H/b15-12-. The van der Waals surface area contributed by atoms with Gasteiger partial charge in [0.15, 0.2) is 0 Å². The molecule has 0 unspecified atom stereocenters. The van der Waals surface area contributed by atoms with Crippen molar-refractivity contribution >= 4 is 43.2 Å². The van der Waals surface area contributed by atoms with Crippen LogP contribution in [0.3, 0.4) is 0 Å². The highest BCUT2D eigenvalue weighted by Gasteiger charge is 2.27. The second-order valence-electron chi connectivity index (χ2n) is 4.77. The minimum absolute atomic E-state index is 0.133. The number of sulfone groups is 2. The van der Waals surface area contributed by atoms with E-state index < -0.39 is 19.7 Å². The normalized spacial score (nSPS) is 17.0. The smallest absolute Gasteiger partial charge is 0.213 e. The van der Waals surface area contributed by atoms with Crippen LogP contribution in [0, 0.1) is 0 Å². The van der Waals surface area contributed by atoms with Crippen molar-refractivity contribution in [1.82, 2.24) is 0 Å². The van der Waals surface area contributed by atoms with E-state index in [0.29, 0.717) is 4.24 Å². The molecule has 3 rings (SSSR count). The molecule has 0 saturated heterocycles. The van der Waals surface area contributed by atoms with E-state index in [1.54, 1.807) is 36.4 Å². The lowest BCUT2D eigenvalue weighted by molar-refractivity contribution is 0.602. The Labute approximate surface area is 149 Å². The van der Waals surface area contributed by atoms with Gasteiger partial charge in [-0.05, 0) is 24.3 Å². The summed E-state index contributed by atoms with van der Waals surface area (Å²) in [6.07, 6.45) is 0. The SMILES string of the molecule is O=S(=O)(/C=C1/SC=C(S(=O)(=O)c2ccccc2)S1)c1ccccc1. The van der Waals surface area contributed by atoms with Gasteiger partial charge in [0.25, 0.3) is 0 Å². The lowest BCUT2D eigenvalue weighted by Crippen LogP contribution is -2.00. The van der Waals surface area contributed by atoms with Crippen LogP contribution in [-0.2, 0) is 19.7 Å². The first kappa shape index (κ1) is 17.3. The molecule has 1 aliphatic rings. The van der Waals surface area contributed by atoms with Crippen LogP contribution in [0.4, 0.5) is 0 Å². The maximum absolute atomic E-state index is 12.5. The quantitative estimate of drug-likeness (QED) is 0.778. The number of rotatable bonds is 4. The number of benzene rings is 2. The van der Waals surface area contributed by atoms with Gasteiger partial charge in [-0.3, -0.25) is 0 Å². The molecule has 24 heavy (non-hydrogen) atoms. The molecule has 0 fully saturated rings. The van der Waals surface area contributed by atoms with E-state index in [4.69, 9.17) is 0 Å². The molecule has 1 heterocycles. The van der Waals surface area contributed by atoms with Gasteiger partial charge in [0.05, 0.1) is 19.4 Å². The number of thioether (sulfide) groups is 2. The second-order valence-corrected chi connectivity index (χ2v) is 11.0. The van der Waals surface area contributed by atoms with Crippen molar-refractivity contribution in [2.45, 2.75) is 9.79 Å². The monoisotopic (exact) mass is 396 g/mol. The fourth-order valence-corrected chi connectivity index (χ4v) is 7.95. The second kappa shape index (κ2) is 6.79. The van der Waals surface area contributed by atoms with Gasteiger partial charge in [-0.15, -0.1) is 0 Å². The Balaban J connectivity index is 1.85. The minimum atomic E-state index is -3.62. The zero-order valence-electron chi connectivity index (χ0n) is 12.2. The van der Waals surface area contributed by atoms with Crippen molar-refractivity contribution in [1.29, 1.82) is 0 Å². The molecule has 0 bridgehead atoms. The van der Waals surface area contributed by atoms with Crippen LogP contribution in [0.25, 0.3) is 0 Å². The van der Waals surface area contributed by atoms with Gasteiger partial charge in [-0.1, -0.05) is 59.9 Å². The van der Waals surface area contributed by atoms with Gasteiger partial charge in [0.1, 0.15) is 4.24 Å². The predicted molar refractivity (Wildman–Crippen MR) is 98.6 cm³/mol. The van der Waals surface area contributed by atoms with Crippen molar-refractivity contribution < 1.29 is 16.8 Å². The summed E-state index contributed by atoms with van der Waals surface area (Å²) in [5.41, 5.74) is 0. The van der Waals surface area contributed by atoms with E-state index in [9.17, 15) is 16.8 Å². The summed E-state index contributed by atoms with van der Waals surface area (Å²) in [4.78, 5) is 0.370. The summed E-state index contributed by atoms with van der Waals surface area (Å²) >= 11 is 2.05. The van der Waals surface area contributed by atoms with Gasteiger partial charge in [0.2, 0.25) is 19.7 Å². The van der Waals surface area contributed by atoms with Crippen molar-refractivity contribution in [3.8, 4) is 0 Å². The Kier molecular flexibility index (Phi) is 4.91. The lowest BCUT2D eigenvalue weighted by Gasteiger charge is -2.04. The predicted octanol–water partition coefficient (Wildman–Crippen LogP) is 4.01. The first-order valence-electron chi connectivity index (χ1n) is 6.76. The van der Waals surface area contributed by atoms with Gasteiger partial charge in [-0.2, -0.15) is 0 Å². The van der Waals surface area contributed by atoms with E-state index in [1.807, 2.05) is 0 Å². The van der Waals surface area contributed by atoms with Crippen molar-refractivity contribution in [3.63, 3.8) is 0 Å². The topological polar surface area (TPSA) is 68.3 Å². The summed E-state index contributed by atoms with van der Waals surface area (Å²) < 4.78 is 50.3. The first-order chi connectivity index (χ1) is 11.4. The van der Waals surface area contributed by atoms with Crippen molar-refractivity contribution in [3.05, 3.63) is 80.0 Å². The summed E-state index contributed by atoms with van der Waals surface area (Å²) in [7, 11) is -7.23. The van der Waals surface area contributed by atoms with Crippen LogP contribution in [0.15, 0.2) is 89.7 Å². The van der Waals surface area contributed by atoms with Gasteiger partial charge >= 0.3 is 0 Å². The molecule has 2 aromatic rings. The van der Waals surface area contributed by atoms with Crippen LogP contribution in [-0.4, -0.2) is 16.8 Å². The highest BCUT2D eigenvalue weighted by molar-refractivity contribution is 8.34. The Hall–Kier alpha value is -1.48. The fourth-order valence-electron chi connectivity index (χ4n) is 1.94. The molecule has 124 valence electrons. The van der Waals surface area contributed by atoms with E-state index >= 15 is 0 Å². The molecular weight excluding hydrogens is 384 g/mol. The lowest BCUT2D eigenvalue weighted by atomic mass is 10.4. The van der Waals surface area contributed by atoms with Crippen LogP contribution < -0.4 is 0 Å². The van der Waals surface area contributed by atoms with Crippen LogP contribution in [0.5, 0.6) is 0 Å². The molecule has 0 atom stereocenters. The van der Waals surface area contributed by atoms with Crippen molar-refractivity contribution in [2.75, 3.05) is 0 Å². The number of hydrogen-bond acceptors (Lipinski definition) is 6. The highest BCUT2D eigenvalue weighted by Crippen LogP contribution is 2.48. The average molecular weight is 397 g/mol. The zero-order chi connectivity index (χ0) is 17.2. The Morgan fingerprint density at radius 3 is 1.88 bits per heavy atom. The molecule has 0 radical (unpaired) electrons. The third kappa shape index (κ3) is 3.61. The molecule has 2 aromatic carbocycles. The molecule has 8 heteroatoms. The van der Waals surface area contributed by atoms with E-state index in [1.165, 1.54) is 29.7 Å². The fraction of sp³-hybridized carbons (Fsp3) is 0. The maximum atomic E-state index is 12.5. The summed E-state index contributed by atoms with van der Waals surface area (Å²) in [6, 6.07) is 16.1. The van der Waals surface area contributed by atoms with E-state index in [2.05, 4.69) is 0 Å². The first-order valence-corrected chi connectivity index (χ1v) is 11.5. The van der Waals surface area contributed by atoms with Crippen LogP contribution in [0.2, 0.25) is 0 Å². The molecule has 0 saturated carbocycles. The maximum Gasteiger partial charge on any atom is 0.213 e. The van der Waals surface area contributed by atoms with Gasteiger partial charge in [0, 0.05) is 5.41 Å². The molecule has 0 N–H and O–H groups in total. The van der Waals surface area contributed by atoms with Crippen LogP contribution >= 0.6 is 23.5 Å². The van der Waals surface area contributed by atoms with Crippen LogP contribution in [0.1, 0.15) is 0 Å². The summed E-state index contributed by atoms with van der Waals surface area (Å²) in [5, 5.41) is 2.58. The Morgan fingerprint density at radius 2 is 1.29 bits per heavy atom. The molecule has 0 aliphatic carbocycles. The van der Waals surface area contributed by atoms with Crippen molar-refractivity contribution in [2.24, 2.45) is 0 Å². The van der Waals surface area contributed by atoms with Gasteiger partial charge < -0.3 is 0 Å². The summed E-state index contributed by atoms with van der Waals surface area (Å²) in [5.74, 6) is 0. The largest absolute Gasteiger partial charge is 0.219 e. The van der Waals surface area contributed by atoms with Gasteiger partial charge in [-0.25, -0.2) is 16.8 Å². The molecule has 0 amide bonds. The average Bonchev–Trinajstić information content (AvgIpc) is 3.05. The zero-order valence-corrected chi connectivity index (χ0v) is 15.5. The molecule has 0 aromatic heterocycles. The van der Waals surface area contributed by atoms with E-state index in [-0.39, 0.29) is 14.0 Å².